The molecular weight excluding hydrogens is 1370 g/mol. The molecule has 624 valence electrons. The van der Waals surface area contributed by atoms with Crippen molar-refractivity contribution in [2.24, 2.45) is 23.7 Å². The van der Waals surface area contributed by atoms with E-state index < -0.39 is 97.5 Å². The molecule has 0 bridgehead atoms. The maximum atomic E-state index is 13.1. The number of aliphatic hydroxyl groups is 1. The molecule has 0 spiro atoms. The summed E-state index contributed by atoms with van der Waals surface area (Å²) in [7, 11) is -9.93. The predicted octanol–water partition coefficient (Wildman–Crippen LogP) is 25.9. The molecule has 0 saturated carbocycles. The van der Waals surface area contributed by atoms with Crippen molar-refractivity contribution in [3.63, 3.8) is 0 Å². The zero-order valence-corrected chi connectivity index (χ0v) is 71.2. The van der Waals surface area contributed by atoms with Crippen LogP contribution in [0.25, 0.3) is 0 Å². The number of ether oxygens (including phenoxy) is 4. The smallest absolute Gasteiger partial charge is 0.462 e. The zero-order chi connectivity index (χ0) is 77.4. The maximum Gasteiger partial charge on any atom is 0.472 e. The fraction of sp³-hybridized carbons (Fsp3) is 0.953. The van der Waals surface area contributed by atoms with Gasteiger partial charge in [0.2, 0.25) is 0 Å². The molecule has 19 heteroatoms. The molecule has 5 unspecified atom stereocenters. The van der Waals surface area contributed by atoms with Gasteiger partial charge in [-0.15, -0.1) is 0 Å². The van der Waals surface area contributed by atoms with Gasteiger partial charge in [-0.3, -0.25) is 37.3 Å². The summed E-state index contributed by atoms with van der Waals surface area (Å²) >= 11 is 0. The van der Waals surface area contributed by atoms with Crippen LogP contribution in [0, 0.1) is 23.7 Å². The van der Waals surface area contributed by atoms with E-state index in [-0.39, 0.29) is 25.7 Å². The van der Waals surface area contributed by atoms with Gasteiger partial charge < -0.3 is 33.8 Å². The van der Waals surface area contributed by atoms with Crippen LogP contribution in [0.15, 0.2) is 0 Å². The van der Waals surface area contributed by atoms with E-state index in [0.717, 1.165) is 120 Å². The first-order valence-electron chi connectivity index (χ1n) is 44.3. The van der Waals surface area contributed by atoms with Crippen LogP contribution in [0.3, 0.4) is 0 Å². The molecule has 105 heavy (non-hydrogen) atoms. The summed E-state index contributed by atoms with van der Waals surface area (Å²) in [5, 5.41) is 10.7. The first kappa shape index (κ1) is 103. The molecule has 0 amide bonds. The van der Waals surface area contributed by atoms with Gasteiger partial charge in [-0.2, -0.15) is 0 Å². The third-order valence-corrected chi connectivity index (χ3v) is 23.1. The average Bonchev–Trinajstić information content (AvgIpc) is 0.931. The van der Waals surface area contributed by atoms with Crippen LogP contribution in [0.1, 0.15) is 447 Å². The third-order valence-electron chi connectivity index (χ3n) is 21.2. The molecule has 0 aliphatic rings. The van der Waals surface area contributed by atoms with Gasteiger partial charge in [0.25, 0.3) is 0 Å². The van der Waals surface area contributed by atoms with E-state index in [1.54, 1.807) is 0 Å². The highest BCUT2D eigenvalue weighted by Crippen LogP contribution is 2.45. The lowest BCUT2D eigenvalue weighted by Gasteiger charge is -2.21. The number of esters is 4. The predicted molar refractivity (Wildman–Crippen MR) is 432 cm³/mol. The van der Waals surface area contributed by atoms with Gasteiger partial charge in [-0.05, 0) is 49.4 Å². The summed E-state index contributed by atoms with van der Waals surface area (Å²) in [4.78, 5) is 73.2. The largest absolute Gasteiger partial charge is 0.472 e. The Bertz CT molecular complexity index is 2050. The van der Waals surface area contributed by atoms with Crippen molar-refractivity contribution < 1.29 is 80.2 Å². The molecule has 17 nitrogen and oxygen atoms in total. The van der Waals surface area contributed by atoms with Crippen molar-refractivity contribution in [2.75, 3.05) is 39.6 Å². The molecule has 0 fully saturated rings. The second-order valence-corrected chi connectivity index (χ2v) is 35.0. The SMILES string of the molecule is CCC(C)CCCCCCCCCCCCCCCCCCCCC(=O)O[C@H](COC(=O)CCCCCCCCCCCCCCCCC(C)CC)COP(=O)(O)OC[C@@H](O)COP(=O)(O)OC[C@@H](COC(=O)CCCCCCCCC(C)CC)OC(=O)CCCCCCCCCCCCCCC(C)C. The van der Waals surface area contributed by atoms with Crippen LogP contribution < -0.4 is 0 Å². The normalized spacial score (nSPS) is 14.7. The molecule has 0 radical (unpaired) electrons. The first-order chi connectivity index (χ1) is 50.7. The molecule has 0 rings (SSSR count). The highest BCUT2D eigenvalue weighted by molar-refractivity contribution is 7.47. The zero-order valence-electron chi connectivity index (χ0n) is 69.4. The van der Waals surface area contributed by atoms with E-state index in [1.807, 2.05) is 0 Å². The lowest BCUT2D eigenvalue weighted by atomic mass is 9.99. The molecular formula is C86H168O17P2. The lowest BCUT2D eigenvalue weighted by molar-refractivity contribution is -0.161. The molecule has 0 aromatic carbocycles. The monoisotopic (exact) mass is 1540 g/mol. The minimum atomic E-state index is -4.97. The van der Waals surface area contributed by atoms with Gasteiger partial charge in [0.1, 0.15) is 19.3 Å². The number of carbonyl (C=O) groups excluding carboxylic acids is 4. The minimum absolute atomic E-state index is 0.106. The van der Waals surface area contributed by atoms with E-state index >= 15 is 0 Å². The average molecular weight is 1540 g/mol. The molecule has 8 atom stereocenters. The van der Waals surface area contributed by atoms with Crippen LogP contribution >= 0.6 is 15.6 Å². The van der Waals surface area contributed by atoms with Crippen LogP contribution in [0.5, 0.6) is 0 Å². The summed E-state index contributed by atoms with van der Waals surface area (Å²) in [5.41, 5.74) is 0. The standard InChI is InChI=1S/C86H168O17P2/c1-9-77(6)63-55-47-39-33-27-20-16-14-12-13-15-17-23-30-36-42-52-60-68-85(90)102-81(72-96-83(88)66-58-50-41-35-29-22-19-18-21-28-34-40-48-56-64-78(7)10-2)74-100-104(92,93)98-70-80(87)71-99-105(94,95)101-75-82(73-97-84(89)67-59-51-45-44-49-57-65-79(8)11-3)103-86(91)69-61-53-43-37-31-25-24-26-32-38-46-54-62-76(4)5/h76-82,87H,9-75H2,1-8H3,(H,92,93)(H,94,95)/t77?,78?,79?,80-,81-,82-/m1/s1. The van der Waals surface area contributed by atoms with Gasteiger partial charge in [0, 0.05) is 25.7 Å². The van der Waals surface area contributed by atoms with Crippen molar-refractivity contribution in [2.45, 2.75) is 465 Å². The van der Waals surface area contributed by atoms with Gasteiger partial charge >= 0.3 is 39.5 Å². The second kappa shape index (κ2) is 74.8. The number of hydrogen-bond donors (Lipinski definition) is 3. The first-order valence-corrected chi connectivity index (χ1v) is 47.3. The number of phosphoric acid groups is 2. The minimum Gasteiger partial charge on any atom is -0.462 e. The molecule has 0 heterocycles. The van der Waals surface area contributed by atoms with Crippen LogP contribution in [0.2, 0.25) is 0 Å². The number of rotatable bonds is 83. The Morgan fingerprint density at radius 2 is 0.457 bits per heavy atom. The number of unbranched alkanes of at least 4 members (excludes halogenated alkanes) is 46. The van der Waals surface area contributed by atoms with Crippen molar-refractivity contribution in [3.8, 4) is 0 Å². The van der Waals surface area contributed by atoms with Crippen molar-refractivity contribution in [3.05, 3.63) is 0 Å². The Kier molecular flexibility index (Phi) is 73.4. The Balaban J connectivity index is 5.23. The van der Waals surface area contributed by atoms with E-state index in [9.17, 15) is 43.2 Å². The molecule has 0 aliphatic carbocycles. The summed E-state index contributed by atoms with van der Waals surface area (Å²) in [6.07, 6.45) is 63.8. The van der Waals surface area contributed by atoms with Crippen molar-refractivity contribution >= 4 is 39.5 Å². The van der Waals surface area contributed by atoms with Gasteiger partial charge in [-0.25, -0.2) is 9.13 Å². The Morgan fingerprint density at radius 3 is 0.676 bits per heavy atom. The number of carbonyl (C=O) groups is 4. The fourth-order valence-corrected chi connectivity index (χ4v) is 14.8. The summed E-state index contributed by atoms with van der Waals surface area (Å²) in [6, 6.07) is 0. The number of phosphoric ester groups is 2. The Morgan fingerprint density at radius 1 is 0.267 bits per heavy atom. The highest BCUT2D eigenvalue weighted by Gasteiger charge is 2.31. The summed E-state index contributed by atoms with van der Waals surface area (Å²) < 4.78 is 68.9. The van der Waals surface area contributed by atoms with E-state index in [0.29, 0.717) is 25.7 Å². The summed E-state index contributed by atoms with van der Waals surface area (Å²) in [6.45, 7) is 14.4. The van der Waals surface area contributed by atoms with Crippen LogP contribution in [-0.4, -0.2) is 96.7 Å². The van der Waals surface area contributed by atoms with Crippen LogP contribution in [-0.2, 0) is 65.4 Å². The third kappa shape index (κ3) is 75.9. The molecule has 0 aromatic heterocycles. The summed E-state index contributed by atoms with van der Waals surface area (Å²) in [5.74, 6) is 1.12. The lowest BCUT2D eigenvalue weighted by Crippen LogP contribution is -2.30. The number of hydrogen-bond acceptors (Lipinski definition) is 15. The number of aliphatic hydroxyl groups excluding tert-OH is 1. The fourth-order valence-electron chi connectivity index (χ4n) is 13.2. The molecule has 0 aromatic rings. The quantitative estimate of drug-likeness (QED) is 0.0222. The second-order valence-electron chi connectivity index (χ2n) is 32.1. The van der Waals surface area contributed by atoms with Crippen LogP contribution in [0.4, 0.5) is 0 Å². The van der Waals surface area contributed by atoms with E-state index in [4.69, 9.17) is 37.0 Å². The van der Waals surface area contributed by atoms with Crippen molar-refractivity contribution in [1.29, 1.82) is 0 Å². The van der Waals surface area contributed by atoms with Gasteiger partial charge in [0.05, 0.1) is 26.4 Å². The molecule has 3 N–H and O–H groups in total. The van der Waals surface area contributed by atoms with E-state index in [2.05, 4.69) is 55.4 Å². The Hall–Kier alpha value is -1.94. The van der Waals surface area contributed by atoms with E-state index in [1.165, 1.54) is 244 Å². The van der Waals surface area contributed by atoms with Gasteiger partial charge in [-0.1, -0.05) is 396 Å². The Labute approximate surface area is 645 Å². The molecule has 0 aliphatic heterocycles. The highest BCUT2D eigenvalue weighted by atomic mass is 31.2. The van der Waals surface area contributed by atoms with Gasteiger partial charge in [0.15, 0.2) is 12.2 Å². The van der Waals surface area contributed by atoms with Crippen molar-refractivity contribution in [1.82, 2.24) is 0 Å². The maximum absolute atomic E-state index is 13.1. The topological polar surface area (TPSA) is 237 Å². The molecule has 0 saturated heterocycles.